The van der Waals surface area contributed by atoms with Crippen molar-refractivity contribution in [3.8, 4) is 0 Å². The van der Waals surface area contributed by atoms with Crippen LogP contribution in [0.1, 0.15) is 72.1 Å². The molecule has 2 unspecified atom stereocenters. The summed E-state index contributed by atoms with van der Waals surface area (Å²) in [6.45, 7) is 11.7. The lowest BCUT2D eigenvalue weighted by atomic mass is 9.47. The maximum Gasteiger partial charge on any atom is 0.0577 e. The zero-order valence-corrected chi connectivity index (χ0v) is 15.3. The van der Waals surface area contributed by atoms with E-state index >= 15 is 0 Å². The maximum atomic E-state index is 10.1. The van der Waals surface area contributed by atoms with Crippen LogP contribution in [0.25, 0.3) is 0 Å². The molecule has 1 N–H and O–H groups in total. The Hall–Kier alpha value is -0.560. The first kappa shape index (κ1) is 15.9. The quantitative estimate of drug-likeness (QED) is 0.633. The number of hydrogen-bond donors (Lipinski definition) is 1. The Kier molecular flexibility index (Phi) is 3.61. The molecule has 7 atom stereocenters. The van der Waals surface area contributed by atoms with Gasteiger partial charge in [-0.15, -0.1) is 0 Å². The highest BCUT2D eigenvalue weighted by atomic mass is 16.3. The fourth-order valence-corrected chi connectivity index (χ4v) is 7.45. The Morgan fingerprint density at radius 1 is 1.13 bits per heavy atom. The van der Waals surface area contributed by atoms with Crippen molar-refractivity contribution in [1.82, 2.24) is 0 Å². The van der Waals surface area contributed by atoms with Crippen LogP contribution in [0.5, 0.6) is 0 Å². The fourth-order valence-electron chi connectivity index (χ4n) is 7.45. The molecule has 0 radical (unpaired) electrons. The molecule has 0 amide bonds. The third-order valence-electron chi connectivity index (χ3n) is 8.67. The van der Waals surface area contributed by atoms with Gasteiger partial charge in [-0.05, 0) is 92.8 Å². The molecular weight excluding hydrogens is 280 g/mol. The van der Waals surface area contributed by atoms with Gasteiger partial charge in [-0.25, -0.2) is 0 Å². The summed E-state index contributed by atoms with van der Waals surface area (Å²) in [4.78, 5) is 0. The zero-order chi connectivity index (χ0) is 16.4. The van der Waals surface area contributed by atoms with Gasteiger partial charge in [-0.3, -0.25) is 0 Å². The Balaban J connectivity index is 1.66. The lowest BCUT2D eigenvalue weighted by Gasteiger charge is -2.58. The average Bonchev–Trinajstić information content (AvgIpc) is 2.85. The van der Waals surface area contributed by atoms with E-state index in [0.29, 0.717) is 10.8 Å². The van der Waals surface area contributed by atoms with Crippen molar-refractivity contribution >= 4 is 0 Å². The van der Waals surface area contributed by atoms with Crippen molar-refractivity contribution in [1.29, 1.82) is 0 Å². The average molecular weight is 315 g/mol. The third kappa shape index (κ3) is 2.15. The van der Waals surface area contributed by atoms with E-state index in [0.717, 1.165) is 36.5 Å². The number of allylic oxidation sites excluding steroid dienone is 2. The zero-order valence-electron chi connectivity index (χ0n) is 15.3. The van der Waals surface area contributed by atoms with Gasteiger partial charge in [0.1, 0.15) is 0 Å². The summed E-state index contributed by atoms with van der Waals surface area (Å²) in [7, 11) is 0. The predicted molar refractivity (Wildman–Crippen MR) is 96.0 cm³/mol. The lowest BCUT2D eigenvalue weighted by molar-refractivity contribution is -0.0453. The third-order valence-corrected chi connectivity index (χ3v) is 8.67. The summed E-state index contributed by atoms with van der Waals surface area (Å²) in [5, 5.41) is 10.1. The van der Waals surface area contributed by atoms with E-state index in [1.165, 1.54) is 44.1 Å². The van der Waals surface area contributed by atoms with Gasteiger partial charge >= 0.3 is 0 Å². The van der Waals surface area contributed by atoms with Crippen molar-refractivity contribution in [2.75, 3.05) is 0 Å². The van der Waals surface area contributed by atoms with E-state index in [1.54, 1.807) is 5.57 Å². The molecular formula is C22H34O. The van der Waals surface area contributed by atoms with Crippen molar-refractivity contribution in [3.63, 3.8) is 0 Å². The van der Waals surface area contributed by atoms with E-state index < -0.39 is 0 Å². The standard InChI is InChI=1S/C22H34O/c1-14(2)18-7-8-19-17-6-5-15-13-16(23)9-11-21(15,3)20(17)10-12-22(18,19)4/h5,16-20,23H,1,6-13H2,2-4H3/t16-,17?,18+,19-,20-,21?,22+/m0/s1. The summed E-state index contributed by atoms with van der Waals surface area (Å²) >= 11 is 0. The second-order valence-electron chi connectivity index (χ2n) is 9.68. The topological polar surface area (TPSA) is 20.2 Å². The fraction of sp³-hybridized carbons (Fsp3) is 0.818. The van der Waals surface area contributed by atoms with Crippen LogP contribution in [0, 0.1) is 34.5 Å². The Bertz CT molecular complexity index is 546. The van der Waals surface area contributed by atoms with Gasteiger partial charge < -0.3 is 5.11 Å². The second kappa shape index (κ2) is 5.22. The SMILES string of the molecule is C=C(C)[C@H]1CC[C@H]2C3CC=C4C[C@@H](O)CCC4(C)[C@H]3CC[C@]12C. The molecule has 1 nitrogen and oxygen atoms in total. The molecule has 0 heterocycles. The number of fused-ring (bicyclic) bond motifs is 5. The maximum absolute atomic E-state index is 10.1. The summed E-state index contributed by atoms with van der Waals surface area (Å²) in [5.41, 5.74) is 3.90. The van der Waals surface area contributed by atoms with Crippen molar-refractivity contribution < 1.29 is 5.11 Å². The molecule has 128 valence electrons. The summed E-state index contributed by atoms with van der Waals surface area (Å²) in [6, 6.07) is 0. The van der Waals surface area contributed by atoms with Gasteiger partial charge in [0.2, 0.25) is 0 Å². The van der Waals surface area contributed by atoms with Gasteiger partial charge in [0.05, 0.1) is 6.10 Å². The minimum Gasteiger partial charge on any atom is -0.393 e. The monoisotopic (exact) mass is 314 g/mol. The van der Waals surface area contributed by atoms with Crippen LogP contribution in [0.2, 0.25) is 0 Å². The normalized spacial score (nSPS) is 52.2. The number of rotatable bonds is 1. The molecule has 4 aliphatic rings. The van der Waals surface area contributed by atoms with Gasteiger partial charge in [-0.2, -0.15) is 0 Å². The first-order chi connectivity index (χ1) is 10.9. The van der Waals surface area contributed by atoms with Crippen LogP contribution in [0.15, 0.2) is 23.8 Å². The van der Waals surface area contributed by atoms with Gasteiger partial charge in [0.15, 0.2) is 0 Å². The van der Waals surface area contributed by atoms with Crippen molar-refractivity contribution in [2.45, 2.75) is 78.2 Å². The molecule has 4 rings (SSSR count). The van der Waals surface area contributed by atoms with Gasteiger partial charge in [-0.1, -0.05) is 37.6 Å². The van der Waals surface area contributed by atoms with Crippen LogP contribution >= 0.6 is 0 Å². The lowest BCUT2D eigenvalue weighted by Crippen LogP contribution is -2.50. The summed E-state index contributed by atoms with van der Waals surface area (Å²) in [5.74, 6) is 3.38. The number of aliphatic hydroxyl groups excluding tert-OH is 1. The number of hydrogen-bond acceptors (Lipinski definition) is 1. The molecule has 0 bridgehead atoms. The van der Waals surface area contributed by atoms with Crippen LogP contribution < -0.4 is 0 Å². The van der Waals surface area contributed by atoms with E-state index in [1.807, 2.05) is 0 Å². The Labute approximate surface area is 142 Å². The van der Waals surface area contributed by atoms with Gasteiger partial charge in [0.25, 0.3) is 0 Å². The van der Waals surface area contributed by atoms with E-state index in [-0.39, 0.29) is 6.10 Å². The predicted octanol–water partition coefficient (Wildman–Crippen LogP) is 5.50. The molecule has 3 fully saturated rings. The summed E-state index contributed by atoms with van der Waals surface area (Å²) in [6.07, 6.45) is 12.4. The van der Waals surface area contributed by atoms with Crippen molar-refractivity contribution in [2.24, 2.45) is 34.5 Å². The molecule has 0 saturated heterocycles. The Morgan fingerprint density at radius 2 is 1.91 bits per heavy atom. The molecule has 23 heavy (non-hydrogen) atoms. The highest BCUT2D eigenvalue weighted by Gasteiger charge is 2.58. The van der Waals surface area contributed by atoms with E-state index in [2.05, 4.69) is 33.4 Å². The first-order valence-electron chi connectivity index (χ1n) is 9.89. The smallest absolute Gasteiger partial charge is 0.0577 e. The minimum absolute atomic E-state index is 0.0843. The Morgan fingerprint density at radius 3 is 2.65 bits per heavy atom. The molecule has 3 saturated carbocycles. The largest absolute Gasteiger partial charge is 0.393 e. The number of aliphatic hydroxyl groups is 1. The van der Waals surface area contributed by atoms with Crippen LogP contribution in [0.4, 0.5) is 0 Å². The molecule has 1 heteroatoms. The van der Waals surface area contributed by atoms with Crippen LogP contribution in [-0.2, 0) is 0 Å². The molecule has 0 aliphatic heterocycles. The van der Waals surface area contributed by atoms with E-state index in [9.17, 15) is 5.11 Å². The molecule has 0 aromatic rings. The van der Waals surface area contributed by atoms with Crippen LogP contribution in [-0.4, -0.2) is 11.2 Å². The molecule has 0 aromatic carbocycles. The van der Waals surface area contributed by atoms with Crippen molar-refractivity contribution in [3.05, 3.63) is 23.8 Å². The highest BCUT2D eigenvalue weighted by Crippen LogP contribution is 2.66. The van der Waals surface area contributed by atoms with Crippen LogP contribution in [0.3, 0.4) is 0 Å². The highest BCUT2D eigenvalue weighted by molar-refractivity contribution is 5.26. The van der Waals surface area contributed by atoms with Gasteiger partial charge in [0, 0.05) is 0 Å². The first-order valence-corrected chi connectivity index (χ1v) is 9.89. The molecule has 4 aliphatic carbocycles. The summed E-state index contributed by atoms with van der Waals surface area (Å²) < 4.78 is 0. The minimum atomic E-state index is -0.0843. The van der Waals surface area contributed by atoms with E-state index in [4.69, 9.17) is 0 Å². The second-order valence-corrected chi connectivity index (χ2v) is 9.68. The molecule has 0 aromatic heterocycles. The molecule has 0 spiro atoms.